The molecule has 2 aromatic carbocycles. The van der Waals surface area contributed by atoms with Gasteiger partial charge in [0.2, 0.25) is 0 Å². The molecule has 0 aliphatic heterocycles. The fourth-order valence-corrected chi connectivity index (χ4v) is 1.98. The van der Waals surface area contributed by atoms with Gasteiger partial charge in [0.05, 0.1) is 0 Å². The molecule has 19 heavy (non-hydrogen) atoms. The van der Waals surface area contributed by atoms with Crippen molar-refractivity contribution in [1.29, 1.82) is 0 Å². The first-order chi connectivity index (χ1) is 9.20. The van der Waals surface area contributed by atoms with E-state index in [-0.39, 0.29) is 11.9 Å². The summed E-state index contributed by atoms with van der Waals surface area (Å²) in [5.74, 6) is -0.245. The van der Waals surface area contributed by atoms with Gasteiger partial charge in [0, 0.05) is 12.3 Å². The maximum atomic E-state index is 13.0. The molecule has 0 saturated heterocycles. The maximum Gasteiger partial charge on any atom is 0.123 e. The van der Waals surface area contributed by atoms with E-state index in [4.69, 9.17) is 10.5 Å². The Kier molecular flexibility index (Phi) is 4.53. The van der Waals surface area contributed by atoms with Gasteiger partial charge in [-0.1, -0.05) is 31.2 Å². The van der Waals surface area contributed by atoms with E-state index in [2.05, 4.69) is 6.92 Å². The summed E-state index contributed by atoms with van der Waals surface area (Å²) in [5.41, 5.74) is 8.43. The number of halogens is 1. The summed E-state index contributed by atoms with van der Waals surface area (Å²) in [6, 6.07) is 14.0. The number of hydrogen-bond donors (Lipinski definition) is 1. The van der Waals surface area contributed by atoms with Gasteiger partial charge < -0.3 is 10.5 Å². The van der Waals surface area contributed by atoms with E-state index in [1.807, 2.05) is 24.3 Å². The molecule has 0 amide bonds. The summed E-state index contributed by atoms with van der Waals surface area (Å²) in [6.45, 7) is 2.71. The number of ether oxygens (including phenoxy) is 1. The van der Waals surface area contributed by atoms with E-state index in [0.717, 1.165) is 17.5 Å². The van der Waals surface area contributed by atoms with Gasteiger partial charge >= 0.3 is 0 Å². The van der Waals surface area contributed by atoms with Crippen LogP contribution in [0.15, 0.2) is 48.5 Å². The third kappa shape index (κ3) is 3.55. The smallest absolute Gasteiger partial charge is 0.123 e. The molecule has 0 radical (unpaired) electrons. The molecule has 1 unspecified atom stereocenters. The van der Waals surface area contributed by atoms with Gasteiger partial charge in [-0.15, -0.1) is 0 Å². The molecule has 0 spiro atoms. The first kappa shape index (κ1) is 13.6. The van der Waals surface area contributed by atoms with Gasteiger partial charge in [0.25, 0.3) is 0 Å². The molecule has 0 bridgehead atoms. The lowest BCUT2D eigenvalue weighted by atomic mass is 10.0. The Morgan fingerprint density at radius 2 is 1.84 bits per heavy atom. The zero-order valence-corrected chi connectivity index (χ0v) is 11.0. The molecular formula is C16H18FNO. The van der Waals surface area contributed by atoms with Crippen LogP contribution in [-0.4, -0.2) is 6.61 Å². The van der Waals surface area contributed by atoms with Crippen molar-refractivity contribution in [2.45, 2.75) is 19.4 Å². The lowest BCUT2D eigenvalue weighted by Crippen LogP contribution is -2.07. The Morgan fingerprint density at radius 3 is 2.47 bits per heavy atom. The summed E-state index contributed by atoms with van der Waals surface area (Å²) in [7, 11) is 0. The second-order valence-corrected chi connectivity index (χ2v) is 4.47. The molecule has 0 aliphatic rings. The molecule has 0 saturated carbocycles. The summed E-state index contributed by atoms with van der Waals surface area (Å²) in [5, 5.41) is 0. The number of anilines is 1. The van der Waals surface area contributed by atoms with Crippen LogP contribution in [0.3, 0.4) is 0 Å². The highest BCUT2D eigenvalue weighted by Crippen LogP contribution is 2.27. The number of nitrogens with two attached hydrogens (primary N) is 1. The van der Waals surface area contributed by atoms with E-state index in [1.165, 1.54) is 12.1 Å². The third-order valence-corrected chi connectivity index (χ3v) is 2.87. The van der Waals surface area contributed by atoms with E-state index in [1.54, 1.807) is 12.1 Å². The van der Waals surface area contributed by atoms with Crippen molar-refractivity contribution >= 4 is 5.69 Å². The fraction of sp³-hybridized carbons (Fsp3) is 0.250. The van der Waals surface area contributed by atoms with Gasteiger partial charge in [-0.05, 0) is 41.8 Å². The van der Waals surface area contributed by atoms with Gasteiger partial charge in [-0.3, -0.25) is 0 Å². The molecule has 3 heteroatoms. The largest absolute Gasteiger partial charge is 0.399 e. The van der Waals surface area contributed by atoms with Crippen LogP contribution in [0, 0.1) is 5.82 Å². The molecule has 1 atom stereocenters. The van der Waals surface area contributed by atoms with Gasteiger partial charge in [0.15, 0.2) is 0 Å². The van der Waals surface area contributed by atoms with Crippen molar-refractivity contribution < 1.29 is 9.13 Å². The van der Waals surface area contributed by atoms with Crippen LogP contribution in [0.1, 0.15) is 30.6 Å². The number of benzene rings is 2. The van der Waals surface area contributed by atoms with Crippen molar-refractivity contribution in [3.05, 3.63) is 65.5 Å². The molecule has 2 N–H and O–H groups in total. The van der Waals surface area contributed by atoms with Crippen molar-refractivity contribution in [3.63, 3.8) is 0 Å². The Morgan fingerprint density at radius 1 is 1.11 bits per heavy atom. The Hall–Kier alpha value is -1.87. The molecule has 2 aromatic rings. The average molecular weight is 259 g/mol. The first-order valence-corrected chi connectivity index (χ1v) is 6.43. The van der Waals surface area contributed by atoms with E-state index in [0.29, 0.717) is 12.3 Å². The minimum Gasteiger partial charge on any atom is -0.399 e. The van der Waals surface area contributed by atoms with Gasteiger partial charge in [-0.25, -0.2) is 4.39 Å². The van der Waals surface area contributed by atoms with Crippen molar-refractivity contribution in [2.75, 3.05) is 12.3 Å². The third-order valence-electron chi connectivity index (χ3n) is 2.87. The van der Waals surface area contributed by atoms with Crippen LogP contribution in [-0.2, 0) is 4.74 Å². The fourth-order valence-electron chi connectivity index (χ4n) is 1.98. The van der Waals surface area contributed by atoms with Crippen LogP contribution in [0.4, 0.5) is 10.1 Å². The molecule has 0 aliphatic carbocycles. The highest BCUT2D eigenvalue weighted by molar-refractivity contribution is 5.43. The number of hydrogen-bond acceptors (Lipinski definition) is 2. The van der Waals surface area contributed by atoms with Crippen molar-refractivity contribution in [1.82, 2.24) is 0 Å². The zero-order valence-electron chi connectivity index (χ0n) is 11.0. The number of nitrogen functional groups attached to an aromatic ring is 1. The molecule has 0 fully saturated rings. The van der Waals surface area contributed by atoms with Gasteiger partial charge in [0.1, 0.15) is 11.9 Å². The lowest BCUT2D eigenvalue weighted by molar-refractivity contribution is 0.0806. The Labute approximate surface area is 113 Å². The molecule has 0 heterocycles. The second kappa shape index (κ2) is 6.34. The predicted octanol–water partition coefficient (Wildman–Crippen LogP) is 3.92. The van der Waals surface area contributed by atoms with E-state index < -0.39 is 0 Å². The summed E-state index contributed by atoms with van der Waals surface area (Å²) in [6.07, 6.45) is 0.726. The van der Waals surface area contributed by atoms with Crippen LogP contribution in [0.5, 0.6) is 0 Å². The monoisotopic (exact) mass is 259 g/mol. The van der Waals surface area contributed by atoms with Crippen molar-refractivity contribution in [2.24, 2.45) is 0 Å². The molecular weight excluding hydrogens is 241 g/mol. The lowest BCUT2D eigenvalue weighted by Gasteiger charge is -2.19. The highest BCUT2D eigenvalue weighted by Gasteiger charge is 2.14. The minimum atomic E-state index is -0.245. The van der Waals surface area contributed by atoms with E-state index in [9.17, 15) is 4.39 Å². The summed E-state index contributed by atoms with van der Waals surface area (Å²) in [4.78, 5) is 0. The summed E-state index contributed by atoms with van der Waals surface area (Å²) < 4.78 is 18.9. The normalized spacial score (nSPS) is 12.3. The minimum absolute atomic E-state index is 0.205. The molecule has 2 rings (SSSR count). The molecule has 100 valence electrons. The van der Waals surface area contributed by atoms with Gasteiger partial charge in [-0.2, -0.15) is 0 Å². The molecule has 0 aromatic heterocycles. The molecule has 2 nitrogen and oxygen atoms in total. The maximum absolute atomic E-state index is 13.0. The Balaban J connectivity index is 2.32. The number of rotatable bonds is 5. The predicted molar refractivity (Wildman–Crippen MR) is 75.3 cm³/mol. The van der Waals surface area contributed by atoms with Crippen LogP contribution in [0.25, 0.3) is 0 Å². The summed E-state index contributed by atoms with van der Waals surface area (Å²) >= 11 is 0. The first-order valence-electron chi connectivity index (χ1n) is 6.43. The van der Waals surface area contributed by atoms with Crippen LogP contribution < -0.4 is 5.73 Å². The van der Waals surface area contributed by atoms with Crippen molar-refractivity contribution in [3.8, 4) is 0 Å². The topological polar surface area (TPSA) is 35.2 Å². The highest BCUT2D eigenvalue weighted by atomic mass is 19.1. The standard InChI is InChI=1S/C16H18FNO/c1-2-10-19-16(12-6-8-14(17)9-7-12)13-4-3-5-15(18)11-13/h3-9,11,16H,2,10,18H2,1H3. The quantitative estimate of drug-likeness (QED) is 0.826. The van der Waals surface area contributed by atoms with Crippen LogP contribution in [0.2, 0.25) is 0 Å². The van der Waals surface area contributed by atoms with E-state index >= 15 is 0 Å². The Bertz CT molecular complexity index is 525. The second-order valence-electron chi connectivity index (χ2n) is 4.47. The average Bonchev–Trinajstić information content (AvgIpc) is 2.41. The SMILES string of the molecule is CCCOC(c1ccc(F)cc1)c1cccc(N)c1. The zero-order chi connectivity index (χ0) is 13.7. The van der Waals surface area contributed by atoms with Crippen LogP contribution >= 0.6 is 0 Å².